The van der Waals surface area contributed by atoms with Crippen molar-refractivity contribution in [1.29, 1.82) is 0 Å². The molecule has 1 aromatic heterocycles. The van der Waals surface area contributed by atoms with Crippen molar-refractivity contribution in [3.8, 4) is 17.2 Å². The van der Waals surface area contributed by atoms with Crippen molar-refractivity contribution in [2.75, 3.05) is 0 Å². The zero-order valence-electron chi connectivity index (χ0n) is 18.0. The molecule has 1 atom stereocenters. The first-order chi connectivity index (χ1) is 16.6. The molecule has 6 nitrogen and oxygen atoms in total. The third-order valence-corrected chi connectivity index (χ3v) is 4.96. The Hall–Kier alpha value is -4.28. The minimum absolute atomic E-state index is 0.0285. The van der Waals surface area contributed by atoms with E-state index < -0.39 is 52.7 Å². The summed E-state index contributed by atoms with van der Waals surface area (Å²) in [5, 5.41) is 0. The maximum Gasteiger partial charge on any atom is 0.352 e. The smallest absolute Gasteiger partial charge is 0.352 e. The maximum atomic E-state index is 13.8. The van der Waals surface area contributed by atoms with E-state index in [1.807, 2.05) is 0 Å². The van der Waals surface area contributed by atoms with Crippen molar-refractivity contribution in [3.05, 3.63) is 88.2 Å². The van der Waals surface area contributed by atoms with Crippen molar-refractivity contribution in [3.63, 3.8) is 0 Å². The van der Waals surface area contributed by atoms with Crippen LogP contribution in [0.2, 0.25) is 0 Å². The number of esters is 1. The van der Waals surface area contributed by atoms with Crippen molar-refractivity contribution < 1.29 is 45.8 Å². The van der Waals surface area contributed by atoms with Gasteiger partial charge in [0.15, 0.2) is 17.6 Å². The van der Waals surface area contributed by atoms with Gasteiger partial charge in [0.2, 0.25) is 34.9 Å². The minimum atomic E-state index is -2.36. The van der Waals surface area contributed by atoms with E-state index in [0.29, 0.717) is 11.1 Å². The van der Waals surface area contributed by atoms with Crippen LogP contribution in [0.25, 0.3) is 6.08 Å². The SMILES string of the molecule is Cc1cc(OC(=O)C(C)Oc2c(F)c(F)c(F)c(F)c2F)cc2c1C(=O)/C(=C/c1ccncc1)O2. The van der Waals surface area contributed by atoms with Crippen LogP contribution >= 0.6 is 0 Å². The molecule has 4 rings (SSSR count). The first-order valence-corrected chi connectivity index (χ1v) is 9.97. The van der Waals surface area contributed by atoms with Crippen LogP contribution in [0.4, 0.5) is 22.0 Å². The summed E-state index contributed by atoms with van der Waals surface area (Å²) in [5.74, 6) is -14.4. The molecule has 0 spiro atoms. The predicted octanol–water partition coefficient (Wildman–Crippen LogP) is 5.07. The van der Waals surface area contributed by atoms with Crippen LogP contribution in [0.1, 0.15) is 28.4 Å². The number of benzene rings is 2. The summed E-state index contributed by atoms with van der Waals surface area (Å²) in [4.78, 5) is 29.0. The number of carbonyl (C=O) groups is 2. The van der Waals surface area contributed by atoms with Crippen LogP contribution < -0.4 is 14.2 Å². The van der Waals surface area contributed by atoms with Gasteiger partial charge in [-0.15, -0.1) is 0 Å². The summed E-state index contributed by atoms with van der Waals surface area (Å²) >= 11 is 0. The summed E-state index contributed by atoms with van der Waals surface area (Å²) in [6, 6.07) is 5.92. The fourth-order valence-electron chi connectivity index (χ4n) is 3.26. The number of ether oxygens (including phenoxy) is 3. The van der Waals surface area contributed by atoms with Crippen LogP contribution in [0.5, 0.6) is 17.2 Å². The number of halogens is 5. The van der Waals surface area contributed by atoms with Gasteiger partial charge in [0.05, 0.1) is 5.56 Å². The summed E-state index contributed by atoms with van der Waals surface area (Å²) in [5.41, 5.74) is 1.32. The Balaban J connectivity index is 1.53. The topological polar surface area (TPSA) is 74.7 Å². The molecule has 0 aliphatic carbocycles. The van der Waals surface area contributed by atoms with Crippen LogP contribution in [0.3, 0.4) is 0 Å². The van der Waals surface area contributed by atoms with Crippen molar-refractivity contribution in [1.82, 2.24) is 4.98 Å². The quantitative estimate of drug-likeness (QED) is 0.124. The number of rotatable bonds is 5. The molecule has 2 heterocycles. The van der Waals surface area contributed by atoms with Crippen LogP contribution in [0.15, 0.2) is 42.4 Å². The average molecular weight is 491 g/mol. The van der Waals surface area contributed by atoms with E-state index in [-0.39, 0.29) is 22.8 Å². The lowest BCUT2D eigenvalue weighted by Crippen LogP contribution is -2.29. The number of allylic oxidation sites excluding steroid dienone is 1. The van der Waals surface area contributed by atoms with Crippen LogP contribution in [-0.2, 0) is 4.79 Å². The highest BCUT2D eigenvalue weighted by atomic mass is 19.2. The van der Waals surface area contributed by atoms with E-state index in [9.17, 15) is 31.5 Å². The molecule has 35 heavy (non-hydrogen) atoms. The Morgan fingerprint density at radius 2 is 1.60 bits per heavy atom. The highest BCUT2D eigenvalue weighted by Crippen LogP contribution is 2.38. The molecule has 0 saturated heterocycles. The molecule has 1 aliphatic heterocycles. The molecule has 0 saturated carbocycles. The standard InChI is InChI=1S/C24H14F5NO5/c1-10-7-13(9-14-16(10)22(31)15(35-14)8-12-3-5-30-6-4-12)34-24(32)11(2)33-23-20(28)18(26)17(25)19(27)21(23)29/h3-9,11H,1-2H3/b15-8-. The third-order valence-electron chi connectivity index (χ3n) is 4.96. The molecular weight excluding hydrogens is 477 g/mol. The Morgan fingerprint density at radius 1 is 1.00 bits per heavy atom. The minimum Gasteiger partial charge on any atom is -0.473 e. The Morgan fingerprint density at radius 3 is 2.23 bits per heavy atom. The van der Waals surface area contributed by atoms with E-state index in [2.05, 4.69) is 9.72 Å². The van der Waals surface area contributed by atoms with Gasteiger partial charge in [-0.2, -0.15) is 8.78 Å². The number of ketones is 1. The number of Topliss-reactive ketones (excluding diaryl/α,β-unsaturated/α-hetero) is 1. The lowest BCUT2D eigenvalue weighted by molar-refractivity contribution is -0.141. The normalized spacial score (nSPS) is 14.5. The van der Waals surface area contributed by atoms with Crippen molar-refractivity contribution in [2.45, 2.75) is 20.0 Å². The van der Waals surface area contributed by atoms with E-state index in [1.165, 1.54) is 30.6 Å². The number of aryl methyl sites for hydroxylation is 1. The molecular formula is C24H14F5NO5. The largest absolute Gasteiger partial charge is 0.473 e. The summed E-state index contributed by atoms with van der Waals surface area (Å²) in [6.45, 7) is 2.57. The van der Waals surface area contributed by atoms with E-state index in [1.54, 1.807) is 19.1 Å². The molecule has 0 radical (unpaired) electrons. The van der Waals surface area contributed by atoms with Gasteiger partial charge in [-0.3, -0.25) is 9.78 Å². The molecule has 3 aromatic rings. The van der Waals surface area contributed by atoms with Crippen molar-refractivity contribution in [2.24, 2.45) is 0 Å². The van der Waals surface area contributed by atoms with Gasteiger partial charge in [0.1, 0.15) is 11.5 Å². The van der Waals surface area contributed by atoms with Gasteiger partial charge < -0.3 is 14.2 Å². The zero-order valence-corrected chi connectivity index (χ0v) is 18.0. The van der Waals surface area contributed by atoms with E-state index in [0.717, 1.165) is 6.92 Å². The number of carbonyl (C=O) groups excluding carboxylic acids is 2. The van der Waals surface area contributed by atoms with Gasteiger partial charge in [-0.05, 0) is 49.2 Å². The van der Waals surface area contributed by atoms with Gasteiger partial charge >= 0.3 is 5.97 Å². The highest BCUT2D eigenvalue weighted by Gasteiger charge is 2.32. The summed E-state index contributed by atoms with van der Waals surface area (Å²) in [6.07, 6.45) is 2.82. The number of nitrogens with zero attached hydrogens (tertiary/aromatic N) is 1. The maximum absolute atomic E-state index is 13.8. The van der Waals surface area contributed by atoms with Crippen molar-refractivity contribution >= 4 is 17.8 Å². The van der Waals surface area contributed by atoms with Gasteiger partial charge in [0, 0.05) is 18.5 Å². The number of fused-ring (bicyclic) bond motifs is 1. The lowest BCUT2D eigenvalue weighted by atomic mass is 10.0. The second-order valence-electron chi connectivity index (χ2n) is 7.41. The van der Waals surface area contributed by atoms with Gasteiger partial charge in [-0.1, -0.05) is 0 Å². The molecule has 0 amide bonds. The van der Waals surface area contributed by atoms with E-state index in [4.69, 9.17) is 9.47 Å². The summed E-state index contributed by atoms with van der Waals surface area (Å²) in [7, 11) is 0. The second kappa shape index (κ2) is 9.16. The molecule has 180 valence electrons. The predicted molar refractivity (Wildman–Crippen MR) is 110 cm³/mol. The fourth-order valence-corrected chi connectivity index (χ4v) is 3.26. The fraction of sp³-hybridized carbons (Fsp3) is 0.125. The molecule has 2 aromatic carbocycles. The molecule has 1 aliphatic rings. The number of aromatic nitrogens is 1. The number of pyridine rings is 1. The molecule has 0 bridgehead atoms. The molecule has 0 fully saturated rings. The Labute approximate surface area is 194 Å². The van der Waals surface area contributed by atoms with Gasteiger partial charge in [0.25, 0.3) is 0 Å². The average Bonchev–Trinajstić information content (AvgIpc) is 3.14. The number of hydrogen-bond acceptors (Lipinski definition) is 6. The lowest BCUT2D eigenvalue weighted by Gasteiger charge is -2.16. The molecule has 0 N–H and O–H groups in total. The second-order valence-corrected chi connectivity index (χ2v) is 7.41. The molecule has 1 unspecified atom stereocenters. The Kier molecular flexibility index (Phi) is 6.25. The van der Waals surface area contributed by atoms with Gasteiger partial charge in [-0.25, -0.2) is 18.0 Å². The van der Waals surface area contributed by atoms with Crippen LogP contribution in [0, 0.1) is 36.0 Å². The Bertz CT molecular complexity index is 1360. The van der Waals surface area contributed by atoms with Crippen LogP contribution in [-0.4, -0.2) is 22.8 Å². The monoisotopic (exact) mass is 491 g/mol. The highest BCUT2D eigenvalue weighted by molar-refractivity contribution is 6.15. The first-order valence-electron chi connectivity index (χ1n) is 9.97. The third kappa shape index (κ3) is 4.44. The first kappa shape index (κ1) is 23.9. The summed E-state index contributed by atoms with van der Waals surface area (Å²) < 4.78 is 83.0. The molecule has 11 heteroatoms. The zero-order chi connectivity index (χ0) is 25.4. The van der Waals surface area contributed by atoms with E-state index >= 15 is 0 Å². The number of hydrogen-bond donors (Lipinski definition) is 0.